The Kier molecular flexibility index (Phi) is 5.30. The average Bonchev–Trinajstić information content (AvgIpc) is 2.75. The number of pyridine rings is 2. The molecule has 0 amide bonds. The topological polar surface area (TPSA) is 84.1 Å². The minimum Gasteiger partial charge on any atom is -0.383 e. The van der Waals surface area contributed by atoms with Crippen LogP contribution in [0.25, 0.3) is 0 Å². The molecule has 2 aromatic heterocycles. The number of carbonyl (C=O) groups excluding carboxylic acids is 1. The highest BCUT2D eigenvalue weighted by atomic mass is 16.1. The molecular formula is C22H25N5O. The number of nitrogens with zero attached hydrogens (tertiary/aromatic N) is 3. The second-order valence-electron chi connectivity index (χ2n) is 6.93. The molecule has 1 aliphatic heterocycles. The van der Waals surface area contributed by atoms with Crippen LogP contribution in [0.15, 0.2) is 66.9 Å². The molecule has 1 aliphatic rings. The van der Waals surface area contributed by atoms with Crippen LogP contribution in [0.1, 0.15) is 23.0 Å². The number of piperazine rings is 1. The second kappa shape index (κ2) is 8.19. The van der Waals surface area contributed by atoms with Crippen LogP contribution >= 0.6 is 0 Å². The van der Waals surface area contributed by atoms with Crippen LogP contribution in [0.2, 0.25) is 0 Å². The minimum absolute atomic E-state index is 0. The number of nitrogens with two attached hydrogens (primary N) is 1. The Balaban J connectivity index is 0.00000240. The molecule has 4 rings (SSSR count). The van der Waals surface area contributed by atoms with Gasteiger partial charge in [0.15, 0.2) is 0 Å². The van der Waals surface area contributed by atoms with Gasteiger partial charge in [-0.25, -0.2) is 9.97 Å². The summed E-state index contributed by atoms with van der Waals surface area (Å²) in [7, 11) is 0. The number of anilines is 2. The van der Waals surface area contributed by atoms with Gasteiger partial charge >= 0.3 is 0 Å². The number of nitrogens with one attached hydrogen (secondary N) is 1. The first-order valence-corrected chi connectivity index (χ1v) is 9.45. The third kappa shape index (κ3) is 4.02. The summed E-state index contributed by atoms with van der Waals surface area (Å²) in [5.41, 5.74) is 7.93. The fraction of sp³-hybridized carbons (Fsp3) is 0.227. The Morgan fingerprint density at radius 3 is 2.82 bits per heavy atom. The zero-order valence-corrected chi connectivity index (χ0v) is 15.6. The van der Waals surface area contributed by atoms with Gasteiger partial charge in [-0.2, -0.15) is 0 Å². The van der Waals surface area contributed by atoms with Crippen LogP contribution in [0.4, 0.5) is 11.6 Å². The molecule has 144 valence electrons. The van der Waals surface area contributed by atoms with Gasteiger partial charge in [0.25, 0.3) is 0 Å². The second-order valence-corrected chi connectivity index (χ2v) is 6.93. The Bertz CT molecular complexity index is 966. The molecule has 1 aromatic carbocycles. The van der Waals surface area contributed by atoms with E-state index in [4.69, 9.17) is 5.73 Å². The molecule has 0 spiro atoms. The van der Waals surface area contributed by atoms with E-state index in [9.17, 15) is 4.79 Å². The van der Waals surface area contributed by atoms with E-state index in [1.807, 2.05) is 18.2 Å². The molecule has 1 fully saturated rings. The molecule has 1 saturated heterocycles. The van der Waals surface area contributed by atoms with Crippen molar-refractivity contribution < 1.29 is 6.22 Å². The van der Waals surface area contributed by atoms with E-state index < -0.39 is 0 Å². The molecule has 6 nitrogen and oxygen atoms in total. The molecule has 0 saturated carbocycles. The lowest BCUT2D eigenvalue weighted by Gasteiger charge is -2.34. The molecule has 28 heavy (non-hydrogen) atoms. The molecule has 0 bridgehead atoms. The lowest BCUT2D eigenvalue weighted by atomic mass is 10.0. The summed E-state index contributed by atoms with van der Waals surface area (Å²) < 4.78 is 0. The molecule has 3 N–H and O–H groups in total. The van der Waals surface area contributed by atoms with Crippen LogP contribution < -0.4 is 16.0 Å². The Morgan fingerprint density at radius 2 is 2.00 bits per heavy atom. The van der Waals surface area contributed by atoms with Crippen molar-refractivity contribution in [2.75, 3.05) is 30.3 Å². The number of ketones is 1. The standard InChI is InChI=1S/C22H23N5O.H2/c23-22-18(8-5-11-25-22)21(28)19-9-4-10-20(26-19)27-13-12-24-17(15-27)14-16-6-2-1-3-7-16;/h1-11,17,24H,12-15H2,(H2,23,25);1H/t17-;/m1./s1. The summed E-state index contributed by atoms with van der Waals surface area (Å²) >= 11 is 0. The van der Waals surface area contributed by atoms with Crippen LogP contribution in [0, 0.1) is 0 Å². The van der Waals surface area contributed by atoms with E-state index in [0.717, 1.165) is 31.9 Å². The van der Waals surface area contributed by atoms with Crippen molar-refractivity contribution in [2.24, 2.45) is 0 Å². The summed E-state index contributed by atoms with van der Waals surface area (Å²) in [5, 5.41) is 3.58. The third-order valence-electron chi connectivity index (χ3n) is 4.95. The SMILES string of the molecule is Nc1ncccc1C(=O)c1cccc(N2CCN[C@H](Cc3ccccc3)C2)n1.[HH]. The van der Waals surface area contributed by atoms with Crippen molar-refractivity contribution in [3.05, 3.63) is 83.7 Å². The summed E-state index contributed by atoms with van der Waals surface area (Å²) in [6.45, 7) is 2.58. The van der Waals surface area contributed by atoms with Crippen molar-refractivity contribution in [2.45, 2.75) is 12.5 Å². The highest BCUT2D eigenvalue weighted by molar-refractivity contribution is 6.10. The van der Waals surface area contributed by atoms with Crippen LogP contribution in [-0.2, 0) is 6.42 Å². The fourth-order valence-corrected chi connectivity index (χ4v) is 3.54. The number of aromatic nitrogens is 2. The maximum atomic E-state index is 12.8. The van der Waals surface area contributed by atoms with Crippen molar-refractivity contribution >= 4 is 17.4 Å². The summed E-state index contributed by atoms with van der Waals surface area (Å²) in [6.07, 6.45) is 2.53. The monoisotopic (exact) mass is 375 g/mol. The first-order valence-electron chi connectivity index (χ1n) is 9.45. The van der Waals surface area contributed by atoms with Gasteiger partial charge in [-0.3, -0.25) is 4.79 Å². The molecule has 0 radical (unpaired) electrons. The zero-order chi connectivity index (χ0) is 19.3. The molecule has 0 aliphatic carbocycles. The summed E-state index contributed by atoms with van der Waals surface area (Å²) in [5.74, 6) is 0.834. The van der Waals surface area contributed by atoms with Gasteiger partial charge in [0.2, 0.25) is 5.78 Å². The first-order chi connectivity index (χ1) is 13.7. The van der Waals surface area contributed by atoms with Crippen LogP contribution in [-0.4, -0.2) is 41.4 Å². The Labute approximate surface area is 165 Å². The number of hydrogen-bond donors (Lipinski definition) is 2. The van der Waals surface area contributed by atoms with Gasteiger partial charge in [0, 0.05) is 33.3 Å². The number of nitrogen functional groups attached to an aromatic ring is 1. The van der Waals surface area contributed by atoms with E-state index in [2.05, 4.69) is 44.5 Å². The highest BCUT2D eigenvalue weighted by Gasteiger charge is 2.22. The van der Waals surface area contributed by atoms with Gasteiger partial charge in [0.05, 0.1) is 5.56 Å². The van der Waals surface area contributed by atoms with Gasteiger partial charge in [0.1, 0.15) is 17.3 Å². The van der Waals surface area contributed by atoms with Crippen molar-refractivity contribution in [1.29, 1.82) is 0 Å². The maximum Gasteiger partial charge on any atom is 0.215 e. The van der Waals surface area contributed by atoms with E-state index >= 15 is 0 Å². The van der Waals surface area contributed by atoms with E-state index in [-0.39, 0.29) is 13.0 Å². The van der Waals surface area contributed by atoms with Crippen molar-refractivity contribution in [3.8, 4) is 0 Å². The Morgan fingerprint density at radius 1 is 1.14 bits per heavy atom. The first kappa shape index (κ1) is 18.1. The number of hydrogen-bond acceptors (Lipinski definition) is 6. The fourth-order valence-electron chi connectivity index (χ4n) is 3.54. The average molecular weight is 375 g/mol. The predicted molar refractivity (Wildman–Crippen MR) is 113 cm³/mol. The minimum atomic E-state index is -0.205. The summed E-state index contributed by atoms with van der Waals surface area (Å²) in [4.78, 5) is 23.6. The normalized spacial score (nSPS) is 16.7. The predicted octanol–water partition coefficient (Wildman–Crippen LogP) is 2.56. The van der Waals surface area contributed by atoms with E-state index in [1.165, 1.54) is 5.56 Å². The van der Waals surface area contributed by atoms with E-state index in [0.29, 0.717) is 17.3 Å². The molecular weight excluding hydrogens is 350 g/mol. The van der Waals surface area contributed by atoms with Crippen LogP contribution in [0.5, 0.6) is 0 Å². The number of benzene rings is 1. The maximum absolute atomic E-state index is 12.8. The Hall–Kier alpha value is -3.25. The zero-order valence-electron chi connectivity index (χ0n) is 15.6. The molecule has 6 heteroatoms. The van der Waals surface area contributed by atoms with E-state index in [1.54, 1.807) is 24.4 Å². The quantitative estimate of drug-likeness (QED) is 0.667. The third-order valence-corrected chi connectivity index (χ3v) is 4.95. The lowest BCUT2D eigenvalue weighted by molar-refractivity contribution is 0.103. The van der Waals surface area contributed by atoms with Crippen molar-refractivity contribution in [3.63, 3.8) is 0 Å². The van der Waals surface area contributed by atoms with Gasteiger partial charge < -0.3 is 16.0 Å². The molecule has 3 aromatic rings. The van der Waals surface area contributed by atoms with Crippen LogP contribution in [0.3, 0.4) is 0 Å². The van der Waals surface area contributed by atoms with Gasteiger partial charge in [-0.05, 0) is 36.2 Å². The van der Waals surface area contributed by atoms with Crippen molar-refractivity contribution in [1.82, 2.24) is 15.3 Å². The largest absolute Gasteiger partial charge is 0.383 e. The smallest absolute Gasteiger partial charge is 0.215 e. The number of carbonyl (C=O) groups is 1. The highest BCUT2D eigenvalue weighted by Crippen LogP contribution is 2.18. The number of rotatable bonds is 5. The van der Waals surface area contributed by atoms with Gasteiger partial charge in [-0.1, -0.05) is 36.4 Å². The molecule has 0 unspecified atom stereocenters. The molecule has 1 atom stereocenters. The molecule has 3 heterocycles. The van der Waals surface area contributed by atoms with Gasteiger partial charge in [-0.15, -0.1) is 0 Å². The lowest BCUT2D eigenvalue weighted by Crippen LogP contribution is -2.52. The summed E-state index contributed by atoms with van der Waals surface area (Å²) in [6, 6.07) is 19.7.